The molecule has 0 spiro atoms. The van der Waals surface area contributed by atoms with Crippen LogP contribution in [0.4, 0.5) is 4.39 Å². The smallest absolute Gasteiger partial charge is 0.151 e. The molecule has 0 unspecified atom stereocenters. The maximum absolute atomic E-state index is 11.9. The first-order valence-electron chi connectivity index (χ1n) is 1.99. The second kappa shape index (κ2) is 2.22. The average molecular weight is 175 g/mol. The van der Waals surface area contributed by atoms with E-state index in [1.165, 1.54) is 12.1 Å². The van der Waals surface area contributed by atoms with Gasteiger partial charge in [0.05, 0.1) is 0 Å². The zero-order valence-electron chi connectivity index (χ0n) is 3.86. The first kappa shape index (κ1) is 5.69. The minimum Gasteiger partial charge on any atom is -0.236 e. The lowest BCUT2D eigenvalue weighted by molar-refractivity contribution is 0.617. The topological polar surface area (TPSA) is 12.9 Å². The Balaban J connectivity index is 3.03. The van der Waals surface area contributed by atoms with Gasteiger partial charge >= 0.3 is 0 Å². The second-order valence-corrected chi connectivity index (χ2v) is 2.04. The molecule has 0 N–H and O–H groups in total. The molecule has 0 amide bonds. The molecule has 1 aromatic rings. The third kappa shape index (κ3) is 1.26. The first-order chi connectivity index (χ1) is 3.79. The monoisotopic (exact) mass is 174 g/mol. The highest BCUT2D eigenvalue weighted by Gasteiger charge is 1.87. The van der Waals surface area contributed by atoms with Gasteiger partial charge in [0.15, 0.2) is 5.82 Å². The van der Waals surface area contributed by atoms with E-state index < -0.39 is 5.82 Å². The Morgan fingerprint density at radius 3 is 2.75 bits per heavy atom. The zero-order valence-corrected chi connectivity index (χ0v) is 5.44. The van der Waals surface area contributed by atoms with Crippen LogP contribution >= 0.6 is 15.9 Å². The van der Waals surface area contributed by atoms with Crippen molar-refractivity contribution in [1.29, 1.82) is 0 Å². The van der Waals surface area contributed by atoms with E-state index in [0.717, 1.165) is 0 Å². The fraction of sp³-hybridized carbons (Fsp3) is 0. The Morgan fingerprint density at radius 1 is 1.62 bits per heavy atom. The zero-order chi connectivity index (χ0) is 5.98. The molecule has 0 fully saturated rings. The summed E-state index contributed by atoms with van der Waals surface area (Å²) in [7, 11) is 0. The predicted molar refractivity (Wildman–Crippen MR) is 30.7 cm³/mol. The van der Waals surface area contributed by atoms with Crippen LogP contribution in [0.3, 0.4) is 0 Å². The van der Waals surface area contributed by atoms with Crippen LogP contribution < -0.4 is 0 Å². The lowest BCUT2D eigenvalue weighted by Gasteiger charge is -1.83. The van der Waals surface area contributed by atoms with Crippen LogP contribution in [-0.2, 0) is 0 Å². The van der Waals surface area contributed by atoms with Gasteiger partial charge in [-0.15, -0.1) is 0 Å². The molecule has 0 bridgehead atoms. The summed E-state index contributed by atoms with van der Waals surface area (Å²) < 4.78 is 12.5. The molecule has 0 aromatic carbocycles. The van der Waals surface area contributed by atoms with E-state index in [0.29, 0.717) is 4.60 Å². The van der Waals surface area contributed by atoms with Crippen molar-refractivity contribution in [1.82, 2.24) is 4.98 Å². The van der Waals surface area contributed by atoms with Gasteiger partial charge in [-0.25, -0.2) is 9.37 Å². The SMILES string of the molecule is Fc1[c]nc(Br)cc1. The van der Waals surface area contributed by atoms with E-state index in [9.17, 15) is 4.39 Å². The quantitative estimate of drug-likeness (QED) is 0.547. The number of aromatic nitrogens is 1. The average Bonchev–Trinajstić information content (AvgIpc) is 1.77. The molecule has 0 aliphatic carbocycles. The van der Waals surface area contributed by atoms with Gasteiger partial charge in [-0.3, -0.25) is 0 Å². The van der Waals surface area contributed by atoms with Crippen molar-refractivity contribution in [2.24, 2.45) is 0 Å². The van der Waals surface area contributed by atoms with Gasteiger partial charge in [-0.1, -0.05) is 0 Å². The molecular formula is C5H2BrFN. The van der Waals surface area contributed by atoms with Crippen LogP contribution in [0.1, 0.15) is 0 Å². The summed E-state index contributed by atoms with van der Waals surface area (Å²) in [4.78, 5) is 3.50. The van der Waals surface area contributed by atoms with Gasteiger partial charge in [0.2, 0.25) is 0 Å². The van der Waals surface area contributed by atoms with Crippen molar-refractivity contribution < 1.29 is 4.39 Å². The summed E-state index contributed by atoms with van der Waals surface area (Å²) in [6.45, 7) is 0. The van der Waals surface area contributed by atoms with Gasteiger partial charge < -0.3 is 0 Å². The number of hydrogen-bond acceptors (Lipinski definition) is 1. The summed E-state index contributed by atoms with van der Waals surface area (Å²) in [5.41, 5.74) is 0. The fourth-order valence-corrected chi connectivity index (χ4v) is 0.544. The normalized spacial score (nSPS) is 9.25. The van der Waals surface area contributed by atoms with Crippen LogP contribution in [0.5, 0.6) is 0 Å². The summed E-state index contributed by atoms with van der Waals surface area (Å²) >= 11 is 3.04. The van der Waals surface area contributed by atoms with Crippen molar-refractivity contribution in [3.63, 3.8) is 0 Å². The Labute approximate surface area is 54.7 Å². The minimum absolute atomic E-state index is 0.437. The number of pyridine rings is 1. The van der Waals surface area contributed by atoms with Crippen LogP contribution in [0.2, 0.25) is 0 Å². The Kier molecular flexibility index (Phi) is 1.58. The van der Waals surface area contributed by atoms with Gasteiger partial charge in [-0.05, 0) is 28.1 Å². The van der Waals surface area contributed by atoms with Crippen LogP contribution in [0.15, 0.2) is 16.7 Å². The maximum Gasteiger partial charge on any atom is 0.151 e. The van der Waals surface area contributed by atoms with E-state index in [2.05, 4.69) is 27.1 Å². The molecule has 1 radical (unpaired) electrons. The summed E-state index contributed by atoms with van der Waals surface area (Å²) in [5, 5.41) is 0. The predicted octanol–water partition coefficient (Wildman–Crippen LogP) is 1.78. The lowest BCUT2D eigenvalue weighted by atomic mass is 10.5. The number of rotatable bonds is 0. The largest absolute Gasteiger partial charge is 0.236 e. The second-order valence-electron chi connectivity index (χ2n) is 1.23. The van der Waals surface area contributed by atoms with E-state index >= 15 is 0 Å². The van der Waals surface area contributed by atoms with Crippen LogP contribution in [0.25, 0.3) is 0 Å². The van der Waals surface area contributed by atoms with Gasteiger partial charge in [0, 0.05) is 0 Å². The van der Waals surface area contributed by atoms with E-state index in [1.54, 1.807) is 0 Å². The molecule has 1 nitrogen and oxygen atoms in total. The molecule has 41 valence electrons. The summed E-state index contributed by atoms with van der Waals surface area (Å²) in [5.74, 6) is -0.437. The van der Waals surface area contributed by atoms with Gasteiger partial charge in [0.1, 0.15) is 10.8 Å². The van der Waals surface area contributed by atoms with Crippen molar-refractivity contribution >= 4 is 15.9 Å². The highest BCUT2D eigenvalue weighted by atomic mass is 79.9. The van der Waals surface area contributed by atoms with Crippen LogP contribution in [-0.4, -0.2) is 4.98 Å². The highest BCUT2D eigenvalue weighted by molar-refractivity contribution is 9.10. The van der Waals surface area contributed by atoms with Crippen molar-refractivity contribution in [3.05, 3.63) is 28.7 Å². The Hall–Kier alpha value is -0.440. The van der Waals surface area contributed by atoms with Crippen molar-refractivity contribution in [2.45, 2.75) is 0 Å². The highest BCUT2D eigenvalue weighted by Crippen LogP contribution is 2.03. The summed E-state index contributed by atoms with van der Waals surface area (Å²) in [6.07, 6.45) is 2.14. The molecule has 1 aromatic heterocycles. The molecule has 1 heterocycles. The van der Waals surface area contributed by atoms with E-state index in [4.69, 9.17) is 0 Å². The van der Waals surface area contributed by atoms with E-state index in [1.807, 2.05) is 0 Å². The standard InChI is InChI=1S/C5H2BrFN/c6-5-2-1-4(7)3-8-5/h1-2H. The van der Waals surface area contributed by atoms with Crippen LogP contribution in [0, 0.1) is 12.0 Å². The number of hydrogen-bond donors (Lipinski definition) is 0. The number of nitrogens with zero attached hydrogens (tertiary/aromatic N) is 1. The molecule has 0 aliphatic heterocycles. The van der Waals surface area contributed by atoms with E-state index in [-0.39, 0.29) is 0 Å². The van der Waals surface area contributed by atoms with Crippen molar-refractivity contribution in [3.8, 4) is 0 Å². The van der Waals surface area contributed by atoms with Gasteiger partial charge in [0.25, 0.3) is 0 Å². The molecule has 0 atom stereocenters. The maximum atomic E-state index is 11.9. The molecule has 3 heteroatoms. The first-order valence-corrected chi connectivity index (χ1v) is 2.78. The lowest BCUT2D eigenvalue weighted by Crippen LogP contribution is -1.76. The third-order valence-corrected chi connectivity index (χ3v) is 1.08. The third-order valence-electron chi connectivity index (χ3n) is 0.637. The molecule has 0 saturated heterocycles. The molecule has 1 rings (SSSR count). The van der Waals surface area contributed by atoms with Gasteiger partial charge in [-0.2, -0.15) is 0 Å². The number of halogens is 2. The molecular weight excluding hydrogens is 173 g/mol. The Morgan fingerprint density at radius 2 is 2.38 bits per heavy atom. The summed E-state index contributed by atoms with van der Waals surface area (Å²) in [6, 6.07) is 2.81. The molecule has 8 heavy (non-hydrogen) atoms. The minimum atomic E-state index is -0.437. The molecule has 0 saturated carbocycles. The fourth-order valence-electron chi connectivity index (χ4n) is 0.323. The van der Waals surface area contributed by atoms with Crippen molar-refractivity contribution in [2.75, 3.05) is 0 Å². The Bertz CT molecular complexity index is 151. The molecule has 0 aliphatic rings.